The highest BCUT2D eigenvalue weighted by Gasteiger charge is 2.14. The molecule has 100 valence electrons. The molecule has 0 amide bonds. The molecule has 0 aromatic heterocycles. The molecule has 1 atom stereocenters. The Labute approximate surface area is 109 Å². The lowest BCUT2D eigenvalue weighted by atomic mass is 10.1. The van der Waals surface area contributed by atoms with E-state index in [1.165, 1.54) is 5.56 Å². The molecule has 18 heavy (non-hydrogen) atoms. The Hall–Kier alpha value is -1.35. The topological polar surface area (TPSA) is 40.5 Å². The van der Waals surface area contributed by atoms with Crippen molar-refractivity contribution in [2.75, 3.05) is 13.1 Å². The van der Waals surface area contributed by atoms with Crippen LogP contribution in [0.25, 0.3) is 0 Å². The van der Waals surface area contributed by atoms with E-state index in [1.807, 2.05) is 13.0 Å². The quantitative estimate of drug-likeness (QED) is 0.770. The van der Waals surface area contributed by atoms with Crippen molar-refractivity contribution >= 4 is 5.97 Å². The fraction of sp³-hybridized carbons (Fsp3) is 0.533. The summed E-state index contributed by atoms with van der Waals surface area (Å²) in [5.74, 6) is -0.719. The highest BCUT2D eigenvalue weighted by molar-refractivity contribution is 5.67. The Balaban J connectivity index is 2.33. The molecule has 3 heteroatoms. The smallest absolute Gasteiger partial charge is 0.304 e. The number of hydrogen-bond acceptors (Lipinski definition) is 2. The Kier molecular flexibility index (Phi) is 6.44. The van der Waals surface area contributed by atoms with E-state index in [-0.39, 0.29) is 12.5 Å². The van der Waals surface area contributed by atoms with Gasteiger partial charge in [0.25, 0.3) is 0 Å². The van der Waals surface area contributed by atoms with Crippen molar-refractivity contribution < 1.29 is 9.90 Å². The average Bonchev–Trinajstić information content (AvgIpc) is 2.35. The predicted octanol–water partition coefficient (Wildman–Crippen LogP) is 2.80. The molecule has 1 N–H and O–H groups in total. The molecule has 0 saturated heterocycles. The Morgan fingerprint density at radius 1 is 1.33 bits per heavy atom. The molecule has 0 fully saturated rings. The molecule has 0 radical (unpaired) electrons. The van der Waals surface area contributed by atoms with E-state index in [1.54, 1.807) is 0 Å². The van der Waals surface area contributed by atoms with Gasteiger partial charge in [0, 0.05) is 6.04 Å². The number of carboxylic acids is 1. The van der Waals surface area contributed by atoms with Crippen LogP contribution in [0.5, 0.6) is 0 Å². The first-order valence-electron chi connectivity index (χ1n) is 6.63. The van der Waals surface area contributed by atoms with Gasteiger partial charge in [0.1, 0.15) is 0 Å². The Bertz CT molecular complexity index is 351. The lowest BCUT2D eigenvalue weighted by Gasteiger charge is -2.26. The number of carbonyl (C=O) groups is 1. The first-order valence-corrected chi connectivity index (χ1v) is 6.63. The lowest BCUT2D eigenvalue weighted by Crippen LogP contribution is -2.35. The summed E-state index contributed by atoms with van der Waals surface area (Å²) in [6, 6.07) is 10.5. The molecule has 0 aliphatic carbocycles. The maximum Gasteiger partial charge on any atom is 0.304 e. The van der Waals surface area contributed by atoms with Gasteiger partial charge in [-0.3, -0.25) is 4.79 Å². The van der Waals surface area contributed by atoms with Crippen LogP contribution in [0.3, 0.4) is 0 Å². The number of benzene rings is 1. The summed E-state index contributed by atoms with van der Waals surface area (Å²) < 4.78 is 0. The van der Waals surface area contributed by atoms with E-state index in [9.17, 15) is 4.79 Å². The summed E-state index contributed by atoms with van der Waals surface area (Å²) in [5.41, 5.74) is 1.35. The number of aliphatic carboxylic acids is 1. The van der Waals surface area contributed by atoms with E-state index in [4.69, 9.17) is 5.11 Å². The van der Waals surface area contributed by atoms with Crippen LogP contribution in [0, 0.1) is 0 Å². The normalized spacial score (nSPS) is 12.6. The third kappa shape index (κ3) is 5.32. The van der Waals surface area contributed by atoms with E-state index in [2.05, 4.69) is 36.1 Å². The van der Waals surface area contributed by atoms with E-state index in [0.29, 0.717) is 0 Å². The van der Waals surface area contributed by atoms with Crippen molar-refractivity contribution in [2.24, 2.45) is 0 Å². The largest absolute Gasteiger partial charge is 0.481 e. The van der Waals surface area contributed by atoms with Gasteiger partial charge in [-0.05, 0) is 38.4 Å². The first-order chi connectivity index (χ1) is 8.63. The predicted molar refractivity (Wildman–Crippen MR) is 73.7 cm³/mol. The minimum Gasteiger partial charge on any atom is -0.481 e. The molecule has 0 aliphatic heterocycles. The van der Waals surface area contributed by atoms with Crippen LogP contribution in [0.2, 0.25) is 0 Å². The van der Waals surface area contributed by atoms with Crippen molar-refractivity contribution in [3.05, 3.63) is 35.9 Å². The van der Waals surface area contributed by atoms with Crippen molar-refractivity contribution in [1.82, 2.24) is 4.90 Å². The van der Waals surface area contributed by atoms with Gasteiger partial charge in [0.2, 0.25) is 0 Å². The second kappa shape index (κ2) is 7.88. The third-order valence-electron chi connectivity index (χ3n) is 3.25. The molecule has 1 unspecified atom stereocenters. The van der Waals surface area contributed by atoms with Crippen LogP contribution >= 0.6 is 0 Å². The van der Waals surface area contributed by atoms with Crippen molar-refractivity contribution in [2.45, 2.75) is 39.2 Å². The van der Waals surface area contributed by atoms with E-state index in [0.717, 1.165) is 25.9 Å². The minimum absolute atomic E-state index is 0.114. The van der Waals surface area contributed by atoms with Crippen LogP contribution in [0.1, 0.15) is 32.3 Å². The van der Waals surface area contributed by atoms with Gasteiger partial charge in [0.15, 0.2) is 0 Å². The highest BCUT2D eigenvalue weighted by atomic mass is 16.4. The Morgan fingerprint density at radius 2 is 2.00 bits per heavy atom. The first kappa shape index (κ1) is 14.7. The lowest BCUT2D eigenvalue weighted by molar-refractivity contribution is -0.138. The second-order valence-electron chi connectivity index (χ2n) is 4.66. The van der Waals surface area contributed by atoms with Crippen LogP contribution in [-0.4, -0.2) is 35.1 Å². The van der Waals surface area contributed by atoms with Crippen LogP contribution in [0.4, 0.5) is 0 Å². The number of rotatable bonds is 8. The molecular weight excluding hydrogens is 226 g/mol. The number of hydrogen-bond donors (Lipinski definition) is 1. The fourth-order valence-corrected chi connectivity index (χ4v) is 2.20. The fourth-order valence-electron chi connectivity index (χ4n) is 2.20. The molecule has 0 saturated carbocycles. The van der Waals surface area contributed by atoms with Gasteiger partial charge in [-0.15, -0.1) is 0 Å². The van der Waals surface area contributed by atoms with Crippen LogP contribution < -0.4 is 0 Å². The molecule has 1 aromatic carbocycles. The maximum atomic E-state index is 10.7. The number of aryl methyl sites for hydroxylation is 1. The maximum absolute atomic E-state index is 10.7. The zero-order valence-electron chi connectivity index (χ0n) is 11.3. The second-order valence-corrected chi connectivity index (χ2v) is 4.66. The van der Waals surface area contributed by atoms with Gasteiger partial charge < -0.3 is 10.0 Å². The molecule has 1 rings (SSSR count). The summed E-state index contributed by atoms with van der Waals surface area (Å²) in [4.78, 5) is 12.9. The summed E-state index contributed by atoms with van der Waals surface area (Å²) in [6.45, 7) is 5.93. The SMILES string of the molecule is CCN(CCCc1ccccc1)C(C)CC(=O)O. The minimum atomic E-state index is -0.719. The third-order valence-corrected chi connectivity index (χ3v) is 3.25. The Morgan fingerprint density at radius 3 is 2.56 bits per heavy atom. The molecule has 0 aliphatic rings. The monoisotopic (exact) mass is 249 g/mol. The summed E-state index contributed by atoms with van der Waals surface area (Å²) >= 11 is 0. The van der Waals surface area contributed by atoms with Gasteiger partial charge in [-0.2, -0.15) is 0 Å². The number of carboxylic acid groups (broad SMARTS) is 1. The summed E-state index contributed by atoms with van der Waals surface area (Å²) in [6.07, 6.45) is 2.35. The summed E-state index contributed by atoms with van der Waals surface area (Å²) in [5, 5.41) is 8.81. The zero-order chi connectivity index (χ0) is 13.4. The van der Waals surface area contributed by atoms with Crippen molar-refractivity contribution in [1.29, 1.82) is 0 Å². The molecule has 0 heterocycles. The van der Waals surface area contributed by atoms with E-state index >= 15 is 0 Å². The van der Waals surface area contributed by atoms with Crippen molar-refractivity contribution in [3.63, 3.8) is 0 Å². The number of nitrogens with zero attached hydrogens (tertiary/aromatic N) is 1. The molecule has 0 bridgehead atoms. The van der Waals surface area contributed by atoms with Gasteiger partial charge >= 0.3 is 5.97 Å². The molecule has 3 nitrogen and oxygen atoms in total. The zero-order valence-corrected chi connectivity index (χ0v) is 11.3. The standard InChI is InChI=1S/C15H23NO2/c1-3-16(13(2)12-15(17)18)11-7-10-14-8-5-4-6-9-14/h4-6,8-9,13H,3,7,10-12H2,1-2H3,(H,17,18). The summed E-state index contributed by atoms with van der Waals surface area (Å²) in [7, 11) is 0. The van der Waals surface area contributed by atoms with Crippen LogP contribution in [0.15, 0.2) is 30.3 Å². The van der Waals surface area contributed by atoms with Gasteiger partial charge in [-0.1, -0.05) is 37.3 Å². The molecule has 1 aromatic rings. The van der Waals surface area contributed by atoms with Crippen LogP contribution in [-0.2, 0) is 11.2 Å². The molecular formula is C15H23NO2. The highest BCUT2D eigenvalue weighted by Crippen LogP contribution is 2.08. The van der Waals surface area contributed by atoms with E-state index < -0.39 is 5.97 Å². The van der Waals surface area contributed by atoms with Gasteiger partial charge in [-0.25, -0.2) is 0 Å². The van der Waals surface area contributed by atoms with Gasteiger partial charge in [0.05, 0.1) is 6.42 Å². The molecule has 0 spiro atoms. The van der Waals surface area contributed by atoms with Crippen molar-refractivity contribution in [3.8, 4) is 0 Å². The average molecular weight is 249 g/mol.